The molecule has 0 spiro atoms. The predicted octanol–water partition coefficient (Wildman–Crippen LogP) is 1.47. The van der Waals surface area contributed by atoms with Crippen molar-refractivity contribution in [2.45, 2.75) is 18.9 Å². The number of hydrogen-bond donors (Lipinski definition) is 1. The van der Waals surface area contributed by atoms with Crippen LogP contribution in [0.4, 0.5) is 5.69 Å². The third-order valence-electron chi connectivity index (χ3n) is 3.40. The van der Waals surface area contributed by atoms with Crippen LogP contribution in [0.3, 0.4) is 0 Å². The maximum atomic E-state index is 12.4. The lowest BCUT2D eigenvalue weighted by atomic mass is 10.1. The number of nitrogens with one attached hydrogen (secondary N) is 1. The summed E-state index contributed by atoms with van der Waals surface area (Å²) in [7, 11) is 1.68. The zero-order valence-corrected chi connectivity index (χ0v) is 11.8. The lowest BCUT2D eigenvalue weighted by Gasteiger charge is -2.31. The number of piperidine rings is 1. The Morgan fingerprint density at radius 3 is 3.00 bits per heavy atom. The Bertz CT molecular complexity index is 531. The maximum Gasteiger partial charge on any atom is 0.288 e. The van der Waals surface area contributed by atoms with E-state index in [1.165, 1.54) is 6.07 Å². The van der Waals surface area contributed by atoms with E-state index in [0.29, 0.717) is 6.54 Å². The lowest BCUT2D eigenvalue weighted by molar-refractivity contribution is -0.385. The van der Waals surface area contributed by atoms with E-state index in [2.05, 4.69) is 10.3 Å². The normalized spacial score (nSPS) is 18.6. The summed E-state index contributed by atoms with van der Waals surface area (Å²) < 4.78 is 0. The number of aromatic nitrogens is 1. The van der Waals surface area contributed by atoms with E-state index in [-0.39, 0.29) is 28.4 Å². The number of halogens is 1. The van der Waals surface area contributed by atoms with Gasteiger partial charge in [0.05, 0.1) is 10.5 Å². The van der Waals surface area contributed by atoms with Gasteiger partial charge in [0.1, 0.15) is 11.3 Å². The highest BCUT2D eigenvalue weighted by molar-refractivity contribution is 6.32. The first kappa shape index (κ1) is 14.7. The SMILES string of the molecule is CN(C(=O)c1cc([N+](=O)[O-])cnc1Cl)C1CCCNC1. The minimum Gasteiger partial charge on any atom is -0.337 e. The van der Waals surface area contributed by atoms with Gasteiger partial charge in [-0.05, 0) is 19.4 Å². The van der Waals surface area contributed by atoms with Crippen molar-refractivity contribution in [3.63, 3.8) is 0 Å². The molecule has 1 fully saturated rings. The van der Waals surface area contributed by atoms with Crippen LogP contribution in [0.2, 0.25) is 5.15 Å². The van der Waals surface area contributed by atoms with Crippen LogP contribution in [0.1, 0.15) is 23.2 Å². The average Bonchev–Trinajstić information content (AvgIpc) is 2.47. The van der Waals surface area contributed by atoms with E-state index in [0.717, 1.165) is 25.6 Å². The van der Waals surface area contributed by atoms with Gasteiger partial charge in [-0.1, -0.05) is 11.6 Å². The van der Waals surface area contributed by atoms with Crippen LogP contribution in [-0.4, -0.2) is 46.9 Å². The van der Waals surface area contributed by atoms with Crippen LogP contribution in [0.15, 0.2) is 12.3 Å². The summed E-state index contributed by atoms with van der Waals surface area (Å²) in [5.74, 6) is -0.347. The summed E-state index contributed by atoms with van der Waals surface area (Å²) in [5, 5.41) is 13.9. The molecule has 7 nitrogen and oxygen atoms in total. The van der Waals surface area contributed by atoms with Crippen molar-refractivity contribution >= 4 is 23.2 Å². The van der Waals surface area contributed by atoms with Gasteiger partial charge in [0.25, 0.3) is 11.6 Å². The number of hydrogen-bond acceptors (Lipinski definition) is 5. The Morgan fingerprint density at radius 2 is 2.40 bits per heavy atom. The van der Waals surface area contributed by atoms with Gasteiger partial charge in [-0.3, -0.25) is 14.9 Å². The highest BCUT2D eigenvalue weighted by Gasteiger charge is 2.26. The van der Waals surface area contributed by atoms with Gasteiger partial charge in [-0.25, -0.2) is 4.98 Å². The fraction of sp³-hybridized carbons (Fsp3) is 0.500. The van der Waals surface area contributed by atoms with Gasteiger partial charge in [0, 0.05) is 25.7 Å². The van der Waals surface area contributed by atoms with Gasteiger partial charge in [0.2, 0.25) is 0 Å². The Labute approximate surface area is 121 Å². The summed E-state index contributed by atoms with van der Waals surface area (Å²) in [6, 6.07) is 1.23. The summed E-state index contributed by atoms with van der Waals surface area (Å²) in [5.41, 5.74) is -0.179. The summed E-state index contributed by atoms with van der Waals surface area (Å²) in [6.07, 6.45) is 2.93. The molecular formula is C12H15ClN4O3. The van der Waals surface area contributed by atoms with Gasteiger partial charge in [-0.15, -0.1) is 0 Å². The Kier molecular flexibility index (Phi) is 4.51. The molecule has 1 N–H and O–H groups in total. The number of pyridine rings is 1. The number of rotatable bonds is 3. The molecule has 1 amide bonds. The number of nitrogens with zero attached hydrogens (tertiary/aromatic N) is 3. The highest BCUT2D eigenvalue weighted by Crippen LogP contribution is 2.22. The molecule has 8 heteroatoms. The molecule has 1 aliphatic heterocycles. The molecule has 1 atom stereocenters. The van der Waals surface area contributed by atoms with Gasteiger partial charge in [-0.2, -0.15) is 0 Å². The molecule has 1 aromatic heterocycles. The van der Waals surface area contributed by atoms with Crippen molar-refractivity contribution < 1.29 is 9.72 Å². The molecule has 2 heterocycles. The minimum absolute atomic E-state index is 0.0174. The molecule has 2 rings (SSSR count). The smallest absolute Gasteiger partial charge is 0.288 e. The first-order chi connectivity index (χ1) is 9.50. The molecule has 1 unspecified atom stereocenters. The molecule has 0 aliphatic carbocycles. The third-order valence-corrected chi connectivity index (χ3v) is 3.71. The molecule has 0 radical (unpaired) electrons. The number of amides is 1. The maximum absolute atomic E-state index is 12.4. The molecule has 0 aromatic carbocycles. The number of carbonyl (C=O) groups excluding carboxylic acids is 1. The molecule has 1 saturated heterocycles. The minimum atomic E-state index is -0.595. The number of likely N-dealkylation sites (N-methyl/N-ethyl adjacent to an activating group) is 1. The van der Waals surface area contributed by atoms with Crippen molar-refractivity contribution in [3.05, 3.63) is 33.1 Å². The average molecular weight is 299 g/mol. The van der Waals surface area contributed by atoms with Crippen molar-refractivity contribution in [3.8, 4) is 0 Å². The second-order valence-electron chi connectivity index (χ2n) is 4.71. The molecular weight excluding hydrogens is 284 g/mol. The summed E-state index contributed by atoms with van der Waals surface area (Å²) >= 11 is 5.88. The zero-order valence-electron chi connectivity index (χ0n) is 11.0. The lowest BCUT2D eigenvalue weighted by Crippen LogP contribution is -2.46. The second kappa shape index (κ2) is 6.15. The standard InChI is InChI=1S/C12H15ClN4O3/c1-16(8-3-2-4-14-6-8)12(18)10-5-9(17(19)20)7-15-11(10)13/h5,7-8,14H,2-4,6H2,1H3. The highest BCUT2D eigenvalue weighted by atomic mass is 35.5. The van der Waals surface area contributed by atoms with Gasteiger partial charge >= 0.3 is 0 Å². The van der Waals surface area contributed by atoms with Crippen LogP contribution in [0.5, 0.6) is 0 Å². The van der Waals surface area contributed by atoms with Crippen molar-refractivity contribution in [2.75, 3.05) is 20.1 Å². The van der Waals surface area contributed by atoms with Crippen molar-refractivity contribution in [2.24, 2.45) is 0 Å². The van der Waals surface area contributed by atoms with Crippen molar-refractivity contribution in [1.82, 2.24) is 15.2 Å². The van der Waals surface area contributed by atoms with Crippen LogP contribution < -0.4 is 5.32 Å². The monoisotopic (exact) mass is 298 g/mol. The van der Waals surface area contributed by atoms with E-state index in [1.54, 1.807) is 11.9 Å². The van der Waals surface area contributed by atoms with Crippen LogP contribution in [0.25, 0.3) is 0 Å². The quantitative estimate of drug-likeness (QED) is 0.518. The summed E-state index contributed by atoms with van der Waals surface area (Å²) in [6.45, 7) is 1.65. The van der Waals surface area contributed by atoms with E-state index >= 15 is 0 Å². The van der Waals surface area contributed by atoms with E-state index in [1.807, 2.05) is 0 Å². The Morgan fingerprint density at radius 1 is 1.65 bits per heavy atom. The first-order valence-corrected chi connectivity index (χ1v) is 6.66. The third kappa shape index (κ3) is 3.05. The fourth-order valence-corrected chi connectivity index (χ4v) is 2.39. The topological polar surface area (TPSA) is 88.4 Å². The fourth-order valence-electron chi connectivity index (χ4n) is 2.21. The molecule has 108 valence electrons. The first-order valence-electron chi connectivity index (χ1n) is 6.28. The molecule has 0 bridgehead atoms. The molecule has 20 heavy (non-hydrogen) atoms. The van der Waals surface area contributed by atoms with E-state index < -0.39 is 4.92 Å². The second-order valence-corrected chi connectivity index (χ2v) is 5.06. The molecule has 0 saturated carbocycles. The van der Waals surface area contributed by atoms with Crippen LogP contribution in [-0.2, 0) is 0 Å². The van der Waals surface area contributed by atoms with Crippen LogP contribution in [0, 0.1) is 10.1 Å². The Balaban J connectivity index is 2.23. The molecule has 1 aromatic rings. The largest absolute Gasteiger partial charge is 0.337 e. The van der Waals surface area contributed by atoms with Crippen molar-refractivity contribution in [1.29, 1.82) is 0 Å². The zero-order chi connectivity index (χ0) is 14.7. The number of carbonyl (C=O) groups is 1. The molecule has 1 aliphatic rings. The Hall–Kier alpha value is -1.73. The number of nitro groups is 1. The van der Waals surface area contributed by atoms with E-state index in [4.69, 9.17) is 11.6 Å². The van der Waals surface area contributed by atoms with E-state index in [9.17, 15) is 14.9 Å². The predicted molar refractivity (Wildman–Crippen MR) is 73.9 cm³/mol. The summed E-state index contributed by atoms with van der Waals surface area (Å²) in [4.78, 5) is 27.8. The van der Waals surface area contributed by atoms with Crippen LogP contribution >= 0.6 is 11.6 Å². The van der Waals surface area contributed by atoms with Gasteiger partial charge < -0.3 is 10.2 Å². The van der Waals surface area contributed by atoms with Gasteiger partial charge in [0.15, 0.2) is 0 Å².